The number of halogens is 2. The largest absolute Gasteiger partial charge is 0.381 e. The Morgan fingerprint density at radius 3 is 2.65 bits per heavy atom. The number of anilines is 1. The Balaban J connectivity index is 1.38. The van der Waals surface area contributed by atoms with Crippen LogP contribution in [0, 0.1) is 11.3 Å². The first-order chi connectivity index (χ1) is 17.9. The number of aromatic nitrogens is 7. The van der Waals surface area contributed by atoms with Gasteiger partial charge in [0, 0.05) is 35.7 Å². The fourth-order valence-electron chi connectivity index (χ4n) is 4.74. The molecule has 1 saturated carbocycles. The van der Waals surface area contributed by atoms with Gasteiger partial charge in [0.1, 0.15) is 11.8 Å². The van der Waals surface area contributed by atoms with Crippen molar-refractivity contribution in [3.8, 4) is 17.6 Å². The van der Waals surface area contributed by atoms with Gasteiger partial charge in [0.15, 0.2) is 11.5 Å². The van der Waals surface area contributed by atoms with Crippen molar-refractivity contribution in [1.82, 2.24) is 40.1 Å². The second-order valence-corrected chi connectivity index (χ2v) is 9.60. The van der Waals surface area contributed by atoms with Crippen LogP contribution in [0.3, 0.4) is 0 Å². The molecule has 5 rings (SSSR count). The molecule has 0 aliphatic heterocycles. The Kier molecular flexibility index (Phi) is 7.05. The average molecular weight is 507 g/mol. The zero-order valence-electron chi connectivity index (χ0n) is 20.6. The lowest BCUT2D eigenvalue weighted by atomic mass is 9.84. The molecule has 1 aliphatic rings. The molecule has 12 heteroatoms. The highest BCUT2D eigenvalue weighted by Gasteiger charge is 2.25. The van der Waals surface area contributed by atoms with Gasteiger partial charge in [0.25, 0.3) is 6.43 Å². The van der Waals surface area contributed by atoms with Crippen molar-refractivity contribution in [2.45, 2.75) is 64.0 Å². The molecule has 2 N–H and O–H groups in total. The molecule has 4 heterocycles. The van der Waals surface area contributed by atoms with E-state index >= 15 is 0 Å². The fourth-order valence-corrected chi connectivity index (χ4v) is 4.74. The highest BCUT2D eigenvalue weighted by atomic mass is 19.3. The Morgan fingerprint density at radius 1 is 1.11 bits per heavy atom. The predicted molar refractivity (Wildman–Crippen MR) is 134 cm³/mol. The van der Waals surface area contributed by atoms with Crippen molar-refractivity contribution < 1.29 is 8.78 Å². The monoisotopic (exact) mass is 506 g/mol. The lowest BCUT2D eigenvalue weighted by Crippen LogP contribution is -2.35. The van der Waals surface area contributed by atoms with Gasteiger partial charge in [0.05, 0.1) is 42.1 Å². The van der Waals surface area contributed by atoms with Crippen LogP contribution < -0.4 is 10.6 Å². The molecule has 0 bridgehead atoms. The molecule has 10 nitrogen and oxygen atoms in total. The van der Waals surface area contributed by atoms with Gasteiger partial charge >= 0.3 is 0 Å². The van der Waals surface area contributed by atoms with Crippen molar-refractivity contribution in [2.75, 3.05) is 11.9 Å². The Bertz CT molecular complexity index is 1410. The minimum atomic E-state index is -2.33. The van der Waals surface area contributed by atoms with Gasteiger partial charge in [0.2, 0.25) is 0 Å². The van der Waals surface area contributed by atoms with Crippen molar-refractivity contribution in [3.63, 3.8) is 0 Å². The van der Waals surface area contributed by atoms with E-state index in [2.05, 4.69) is 42.1 Å². The summed E-state index contributed by atoms with van der Waals surface area (Å²) in [5, 5.41) is 29.5. The summed E-state index contributed by atoms with van der Waals surface area (Å²) in [7, 11) is 0. The minimum absolute atomic E-state index is 0.123. The van der Waals surface area contributed by atoms with Crippen molar-refractivity contribution >= 4 is 16.7 Å². The summed E-state index contributed by atoms with van der Waals surface area (Å²) in [5.74, 6) is 0.820. The third-order valence-corrected chi connectivity index (χ3v) is 6.53. The number of fused-ring (bicyclic) bond motifs is 1. The molecule has 4 aromatic heterocycles. The summed E-state index contributed by atoms with van der Waals surface area (Å²) in [6.45, 7) is 3.84. The fraction of sp³-hybridized carbons (Fsp3) is 0.440. The highest BCUT2D eigenvalue weighted by molar-refractivity contribution is 5.77. The quantitative estimate of drug-likeness (QED) is 0.368. The number of hydrogen-bond acceptors (Lipinski definition) is 8. The molecule has 4 aromatic rings. The van der Waals surface area contributed by atoms with Crippen LogP contribution >= 0.6 is 0 Å². The summed E-state index contributed by atoms with van der Waals surface area (Å²) in [6.07, 6.45) is 7.92. The molecule has 0 saturated heterocycles. The summed E-state index contributed by atoms with van der Waals surface area (Å²) in [4.78, 5) is 9.01. The number of nitrogens with one attached hydrogen (secondary N) is 2. The van der Waals surface area contributed by atoms with Crippen molar-refractivity contribution in [3.05, 3.63) is 48.2 Å². The second-order valence-electron chi connectivity index (χ2n) is 9.60. The zero-order chi connectivity index (χ0) is 25.9. The second kappa shape index (κ2) is 10.6. The van der Waals surface area contributed by atoms with Gasteiger partial charge in [-0.3, -0.25) is 0 Å². The lowest BCUT2D eigenvalue weighted by molar-refractivity contribution is 0.137. The standard InChI is InChI=1S/C25H28F2N10/c1-15(2)33-20-8-24(37-25-18(11-32-37)7-16(9-28)10-31-25)30-12-22(20)36-14-21(34-35-36)17-3-5-19(6-4-17)29-13-23(26)27/h7-8,10-12,14-15,17,19,23,29H,3-6,13H2,1-2H3,(H,30,33)/t17-,19+. The Morgan fingerprint density at radius 2 is 1.92 bits per heavy atom. The first kappa shape index (κ1) is 24.7. The van der Waals surface area contributed by atoms with Crippen LogP contribution in [0.1, 0.15) is 56.7 Å². The molecule has 0 atom stereocenters. The van der Waals surface area contributed by atoms with E-state index in [-0.39, 0.29) is 24.5 Å². The molecule has 0 radical (unpaired) electrons. The molecule has 1 aliphatic carbocycles. The first-order valence-electron chi connectivity index (χ1n) is 12.4. The Labute approximate surface area is 212 Å². The molecule has 0 unspecified atom stereocenters. The van der Waals surface area contributed by atoms with Gasteiger partial charge in [-0.25, -0.2) is 23.4 Å². The van der Waals surface area contributed by atoms with E-state index in [1.165, 1.54) is 6.20 Å². The average Bonchev–Trinajstić information content (AvgIpc) is 3.54. The SMILES string of the molecule is CC(C)Nc1cc(-n2ncc3cc(C#N)cnc32)ncc1-n1cc([C@H]2CC[C@@H](NCC(F)F)CC2)nn1. The molecular formula is C25H28F2N10. The van der Waals surface area contributed by atoms with Gasteiger partial charge in [-0.05, 0) is 45.6 Å². The van der Waals surface area contributed by atoms with E-state index in [1.807, 2.05) is 26.1 Å². The first-order valence-corrected chi connectivity index (χ1v) is 12.4. The van der Waals surface area contributed by atoms with Crippen LogP contribution in [0.25, 0.3) is 22.5 Å². The van der Waals surface area contributed by atoms with Gasteiger partial charge in [-0.1, -0.05) is 5.21 Å². The molecule has 0 aromatic carbocycles. The predicted octanol–water partition coefficient (Wildman–Crippen LogP) is 3.97. The maximum absolute atomic E-state index is 12.5. The van der Waals surface area contributed by atoms with Crippen LogP contribution in [0.4, 0.5) is 14.5 Å². The number of alkyl halides is 2. The van der Waals surface area contributed by atoms with Crippen LogP contribution in [0.15, 0.2) is 36.9 Å². The molecule has 1 fully saturated rings. The maximum Gasteiger partial charge on any atom is 0.250 e. The number of nitriles is 1. The normalized spacial score (nSPS) is 18.0. The summed E-state index contributed by atoms with van der Waals surface area (Å²) in [6, 6.07) is 6.00. The van der Waals surface area contributed by atoms with Crippen LogP contribution in [-0.4, -0.2) is 59.8 Å². The molecule has 0 amide bonds. The number of pyridine rings is 2. The van der Waals surface area contributed by atoms with E-state index in [9.17, 15) is 8.78 Å². The topological polar surface area (TPSA) is 122 Å². The zero-order valence-corrected chi connectivity index (χ0v) is 20.6. The van der Waals surface area contributed by atoms with Crippen molar-refractivity contribution in [2.24, 2.45) is 0 Å². The van der Waals surface area contributed by atoms with Gasteiger partial charge < -0.3 is 10.6 Å². The third kappa shape index (κ3) is 5.41. The summed E-state index contributed by atoms with van der Waals surface area (Å²) < 4.78 is 28.4. The van der Waals surface area contributed by atoms with Gasteiger partial charge in [-0.15, -0.1) is 5.10 Å². The molecular weight excluding hydrogens is 478 g/mol. The molecule has 0 spiro atoms. The third-order valence-electron chi connectivity index (χ3n) is 6.53. The molecule has 192 valence electrons. The van der Waals surface area contributed by atoms with Crippen molar-refractivity contribution in [1.29, 1.82) is 5.26 Å². The minimum Gasteiger partial charge on any atom is -0.381 e. The highest BCUT2D eigenvalue weighted by Crippen LogP contribution is 2.33. The summed E-state index contributed by atoms with van der Waals surface area (Å²) >= 11 is 0. The van der Waals surface area contributed by atoms with Crippen LogP contribution in [-0.2, 0) is 0 Å². The smallest absolute Gasteiger partial charge is 0.250 e. The van der Waals surface area contributed by atoms with E-state index in [0.717, 1.165) is 48.1 Å². The lowest BCUT2D eigenvalue weighted by Gasteiger charge is -2.28. The van der Waals surface area contributed by atoms with Crippen LogP contribution in [0.2, 0.25) is 0 Å². The van der Waals surface area contributed by atoms with E-state index in [0.29, 0.717) is 17.0 Å². The Hall–Kier alpha value is -3.98. The van der Waals surface area contributed by atoms with Crippen LogP contribution in [0.5, 0.6) is 0 Å². The van der Waals surface area contributed by atoms with Gasteiger partial charge in [-0.2, -0.15) is 15.0 Å². The summed E-state index contributed by atoms with van der Waals surface area (Å²) in [5.41, 5.74) is 3.53. The number of rotatable bonds is 8. The number of nitrogens with zero attached hydrogens (tertiary/aromatic N) is 8. The molecule has 37 heavy (non-hydrogen) atoms. The van der Waals surface area contributed by atoms with E-state index < -0.39 is 6.43 Å². The van der Waals surface area contributed by atoms with E-state index in [4.69, 9.17) is 5.26 Å². The number of hydrogen-bond donors (Lipinski definition) is 2. The maximum atomic E-state index is 12.5. The van der Waals surface area contributed by atoms with E-state index in [1.54, 1.807) is 27.8 Å².